The summed E-state index contributed by atoms with van der Waals surface area (Å²) >= 11 is 0. The minimum Gasteiger partial charge on any atom is -0.397 e. The van der Waals surface area contributed by atoms with Crippen LogP contribution in [-0.4, -0.2) is 22.8 Å². The van der Waals surface area contributed by atoms with Crippen molar-refractivity contribution in [1.82, 2.24) is 0 Å². The Balaban J connectivity index is 2.15. The Hall–Kier alpha value is 0.137. The fourth-order valence-electron chi connectivity index (χ4n) is 4.37. The van der Waals surface area contributed by atoms with E-state index in [4.69, 9.17) is 8.85 Å². The van der Waals surface area contributed by atoms with Crippen LogP contribution in [0.25, 0.3) is 0 Å². The molecule has 0 aromatic heterocycles. The van der Waals surface area contributed by atoms with Crippen molar-refractivity contribution in [3.63, 3.8) is 0 Å². The van der Waals surface area contributed by atoms with Gasteiger partial charge in [-0.15, -0.1) is 0 Å². The highest BCUT2D eigenvalue weighted by Crippen LogP contribution is 2.54. The first kappa shape index (κ1) is 14.5. The lowest BCUT2D eigenvalue weighted by Gasteiger charge is -2.41. The van der Waals surface area contributed by atoms with Gasteiger partial charge in [-0.25, -0.2) is 0 Å². The lowest BCUT2D eigenvalue weighted by Crippen LogP contribution is -2.49. The standard InChI is InChI=1S/C15H30O2Si/c1-15(2)11-10-14(12-15)18(16-3,17-4)13-8-6-5-7-9-13/h13-14H,5-12H2,1-4H3. The monoisotopic (exact) mass is 270 g/mol. The third-order valence-electron chi connectivity index (χ3n) is 5.35. The van der Waals surface area contributed by atoms with E-state index in [1.165, 1.54) is 51.4 Å². The fourth-order valence-corrected chi connectivity index (χ4v) is 9.13. The van der Waals surface area contributed by atoms with E-state index in [0.717, 1.165) is 5.54 Å². The maximum Gasteiger partial charge on any atom is 0.344 e. The zero-order chi connectivity index (χ0) is 13.2. The molecule has 2 aliphatic carbocycles. The molecule has 1 unspecified atom stereocenters. The molecule has 0 aliphatic heterocycles. The van der Waals surface area contributed by atoms with Crippen LogP contribution in [0.5, 0.6) is 0 Å². The predicted octanol–water partition coefficient (Wildman–Crippen LogP) is 4.64. The molecule has 0 aromatic rings. The van der Waals surface area contributed by atoms with Crippen molar-refractivity contribution in [2.24, 2.45) is 5.41 Å². The van der Waals surface area contributed by atoms with Crippen molar-refractivity contribution in [2.45, 2.75) is 76.3 Å². The van der Waals surface area contributed by atoms with Gasteiger partial charge in [0.1, 0.15) is 0 Å². The first-order chi connectivity index (χ1) is 8.54. The van der Waals surface area contributed by atoms with Crippen LogP contribution in [0.15, 0.2) is 0 Å². The van der Waals surface area contributed by atoms with Crippen molar-refractivity contribution in [3.8, 4) is 0 Å². The van der Waals surface area contributed by atoms with Gasteiger partial charge >= 0.3 is 8.56 Å². The molecule has 106 valence electrons. The van der Waals surface area contributed by atoms with Crippen molar-refractivity contribution < 1.29 is 8.85 Å². The van der Waals surface area contributed by atoms with Crippen LogP contribution in [-0.2, 0) is 8.85 Å². The average molecular weight is 270 g/mol. The first-order valence-electron chi connectivity index (χ1n) is 7.64. The van der Waals surface area contributed by atoms with Gasteiger partial charge in [-0.05, 0) is 37.5 Å². The van der Waals surface area contributed by atoms with E-state index in [-0.39, 0.29) is 0 Å². The lowest BCUT2D eigenvalue weighted by atomic mass is 9.92. The highest BCUT2D eigenvalue weighted by molar-refractivity contribution is 6.70. The SMILES string of the molecule is CO[Si](OC)(C1CCCCC1)C1CCC(C)(C)C1. The molecule has 0 aromatic carbocycles. The molecule has 2 fully saturated rings. The van der Waals surface area contributed by atoms with Gasteiger partial charge in [0.25, 0.3) is 0 Å². The second-order valence-corrected chi connectivity index (χ2v) is 11.0. The highest BCUT2D eigenvalue weighted by atomic mass is 28.4. The van der Waals surface area contributed by atoms with E-state index < -0.39 is 8.56 Å². The van der Waals surface area contributed by atoms with Gasteiger partial charge in [-0.3, -0.25) is 0 Å². The molecular formula is C15H30O2Si. The Morgan fingerprint density at radius 1 is 0.889 bits per heavy atom. The summed E-state index contributed by atoms with van der Waals surface area (Å²) in [6, 6.07) is 0. The maximum atomic E-state index is 6.12. The maximum absolute atomic E-state index is 6.12. The number of hydrogen-bond acceptors (Lipinski definition) is 2. The number of hydrogen-bond donors (Lipinski definition) is 0. The Bertz CT molecular complexity index is 268. The quantitative estimate of drug-likeness (QED) is 0.693. The predicted molar refractivity (Wildman–Crippen MR) is 78.0 cm³/mol. The van der Waals surface area contributed by atoms with Gasteiger partial charge in [0.15, 0.2) is 0 Å². The molecule has 0 spiro atoms. The summed E-state index contributed by atoms with van der Waals surface area (Å²) in [4.78, 5) is 0. The zero-order valence-corrected chi connectivity index (χ0v) is 13.6. The number of rotatable bonds is 4. The molecule has 2 aliphatic rings. The van der Waals surface area contributed by atoms with Gasteiger partial charge in [-0.2, -0.15) is 0 Å². The van der Waals surface area contributed by atoms with Gasteiger partial charge in [0.2, 0.25) is 0 Å². The van der Waals surface area contributed by atoms with Gasteiger partial charge in [0.05, 0.1) is 0 Å². The van der Waals surface area contributed by atoms with Crippen LogP contribution in [0.4, 0.5) is 0 Å². The van der Waals surface area contributed by atoms with Crippen molar-refractivity contribution in [2.75, 3.05) is 14.2 Å². The average Bonchev–Trinajstić information content (AvgIpc) is 2.74. The summed E-state index contributed by atoms with van der Waals surface area (Å²) in [5.74, 6) is 0. The van der Waals surface area contributed by atoms with Crippen LogP contribution in [0.2, 0.25) is 11.1 Å². The largest absolute Gasteiger partial charge is 0.397 e. The molecule has 0 heterocycles. The van der Waals surface area contributed by atoms with Crippen molar-refractivity contribution in [1.29, 1.82) is 0 Å². The molecule has 0 amide bonds. The fraction of sp³-hybridized carbons (Fsp3) is 1.00. The topological polar surface area (TPSA) is 18.5 Å². The highest BCUT2D eigenvalue weighted by Gasteiger charge is 2.54. The molecule has 0 radical (unpaired) electrons. The summed E-state index contributed by atoms with van der Waals surface area (Å²) in [5.41, 5.74) is 1.94. The molecule has 0 N–H and O–H groups in total. The second-order valence-electron chi connectivity index (χ2n) is 7.07. The summed E-state index contributed by atoms with van der Waals surface area (Å²) in [6.45, 7) is 4.80. The van der Waals surface area contributed by atoms with E-state index >= 15 is 0 Å². The molecule has 2 rings (SSSR count). The van der Waals surface area contributed by atoms with Gasteiger partial charge in [-0.1, -0.05) is 33.1 Å². The normalized spacial score (nSPS) is 29.7. The summed E-state index contributed by atoms with van der Waals surface area (Å²) in [6.07, 6.45) is 10.8. The van der Waals surface area contributed by atoms with Crippen LogP contribution in [0, 0.1) is 5.41 Å². The van der Waals surface area contributed by atoms with Crippen LogP contribution >= 0.6 is 0 Å². The van der Waals surface area contributed by atoms with Crippen LogP contribution < -0.4 is 0 Å². The summed E-state index contributed by atoms with van der Waals surface area (Å²) < 4.78 is 12.2. The lowest BCUT2D eigenvalue weighted by molar-refractivity contribution is 0.200. The third-order valence-corrected chi connectivity index (χ3v) is 9.97. The van der Waals surface area contributed by atoms with Crippen LogP contribution in [0.1, 0.15) is 65.2 Å². The minimum absolute atomic E-state index is 0.495. The van der Waals surface area contributed by atoms with Crippen molar-refractivity contribution >= 4 is 8.56 Å². The zero-order valence-electron chi connectivity index (χ0n) is 12.6. The van der Waals surface area contributed by atoms with Crippen molar-refractivity contribution in [3.05, 3.63) is 0 Å². The molecule has 2 saturated carbocycles. The molecule has 0 saturated heterocycles. The summed E-state index contributed by atoms with van der Waals surface area (Å²) in [5, 5.41) is 0. The molecule has 1 atom stereocenters. The first-order valence-corrected chi connectivity index (χ1v) is 9.61. The smallest absolute Gasteiger partial charge is 0.344 e. The minimum atomic E-state index is -2.00. The molecule has 3 heteroatoms. The second kappa shape index (κ2) is 5.64. The van der Waals surface area contributed by atoms with Crippen LogP contribution in [0.3, 0.4) is 0 Å². The Morgan fingerprint density at radius 2 is 1.50 bits per heavy atom. The van der Waals surface area contributed by atoms with E-state index in [9.17, 15) is 0 Å². The Labute approximate surface area is 114 Å². The molecule has 2 nitrogen and oxygen atoms in total. The van der Waals surface area contributed by atoms with Gasteiger partial charge in [0, 0.05) is 25.3 Å². The Morgan fingerprint density at radius 3 is 1.94 bits per heavy atom. The third kappa shape index (κ3) is 2.68. The van der Waals surface area contributed by atoms with E-state index in [1.807, 2.05) is 14.2 Å². The molecule has 18 heavy (non-hydrogen) atoms. The van der Waals surface area contributed by atoms with E-state index in [1.54, 1.807) is 0 Å². The van der Waals surface area contributed by atoms with E-state index in [0.29, 0.717) is 11.0 Å². The van der Waals surface area contributed by atoms with Gasteiger partial charge < -0.3 is 8.85 Å². The molecular weight excluding hydrogens is 240 g/mol. The van der Waals surface area contributed by atoms with E-state index in [2.05, 4.69) is 13.8 Å². The Kier molecular flexibility index (Phi) is 4.55. The summed E-state index contributed by atoms with van der Waals surface area (Å²) in [7, 11) is 1.83. The molecule has 0 bridgehead atoms.